The van der Waals surface area contributed by atoms with Crippen molar-refractivity contribution in [3.05, 3.63) is 89.2 Å². The number of halogens is 3. The largest absolute Gasteiger partial charge is 0.434 e. The van der Waals surface area contributed by atoms with Crippen LogP contribution in [0.3, 0.4) is 0 Å². The first kappa shape index (κ1) is 17.1. The van der Waals surface area contributed by atoms with Crippen LogP contribution in [0.4, 0.5) is 13.2 Å². The molecule has 0 aliphatic carbocycles. The molecule has 0 amide bonds. The van der Waals surface area contributed by atoms with E-state index in [0.29, 0.717) is 12.0 Å². The third kappa shape index (κ3) is 4.41. The molecule has 0 heterocycles. The molecule has 25 heavy (non-hydrogen) atoms. The number of ether oxygens (including phenoxy) is 1. The second kappa shape index (κ2) is 7.43. The molecule has 0 aromatic heterocycles. The summed E-state index contributed by atoms with van der Waals surface area (Å²) in [5, 5.41) is 0. The topological polar surface area (TPSA) is 9.23 Å². The summed E-state index contributed by atoms with van der Waals surface area (Å²) in [5.74, 6) is -0.145. The molecule has 0 unspecified atom stereocenters. The van der Waals surface area contributed by atoms with Gasteiger partial charge in [-0.15, -0.1) is 0 Å². The van der Waals surface area contributed by atoms with Crippen molar-refractivity contribution in [2.75, 3.05) is 0 Å². The van der Waals surface area contributed by atoms with E-state index in [9.17, 15) is 13.2 Å². The quantitative estimate of drug-likeness (QED) is 0.553. The van der Waals surface area contributed by atoms with Crippen LogP contribution in [0.2, 0.25) is 0 Å². The van der Waals surface area contributed by atoms with Gasteiger partial charge >= 0.3 is 6.61 Å². The lowest BCUT2D eigenvalue weighted by atomic mass is 9.97. The normalized spacial score (nSPS) is 10.9. The second-order valence-corrected chi connectivity index (χ2v) is 5.88. The van der Waals surface area contributed by atoms with Crippen LogP contribution in [-0.4, -0.2) is 6.61 Å². The van der Waals surface area contributed by atoms with Gasteiger partial charge in [-0.25, -0.2) is 4.39 Å². The van der Waals surface area contributed by atoms with Gasteiger partial charge in [0.1, 0.15) is 11.6 Å². The van der Waals surface area contributed by atoms with Crippen LogP contribution >= 0.6 is 0 Å². The molecule has 3 aromatic rings. The zero-order valence-electron chi connectivity index (χ0n) is 13.7. The van der Waals surface area contributed by atoms with Crippen molar-refractivity contribution < 1.29 is 17.9 Å². The lowest BCUT2D eigenvalue weighted by Gasteiger charge is -2.13. The number of rotatable bonds is 5. The van der Waals surface area contributed by atoms with Crippen LogP contribution in [-0.2, 0) is 6.42 Å². The zero-order valence-corrected chi connectivity index (χ0v) is 13.7. The summed E-state index contributed by atoms with van der Waals surface area (Å²) in [6.07, 6.45) is 0.577. The van der Waals surface area contributed by atoms with E-state index < -0.39 is 6.61 Å². The standard InChI is InChI=1S/C21H17F3O/c1-14-3-2-4-17(11-14)19-13-16(7-10-20(19)25-21(23)24)12-15-5-8-18(22)9-6-15/h2-11,13,21H,12H2,1H3. The average molecular weight is 342 g/mol. The van der Waals surface area contributed by atoms with Gasteiger partial charge in [0.2, 0.25) is 0 Å². The molecule has 0 saturated heterocycles. The minimum atomic E-state index is -2.88. The smallest absolute Gasteiger partial charge is 0.387 e. The van der Waals surface area contributed by atoms with Gasteiger partial charge in [-0.05, 0) is 54.3 Å². The van der Waals surface area contributed by atoms with Crippen LogP contribution < -0.4 is 4.74 Å². The van der Waals surface area contributed by atoms with E-state index in [1.807, 2.05) is 37.3 Å². The maximum atomic E-state index is 13.0. The van der Waals surface area contributed by atoms with Crippen LogP contribution in [0.5, 0.6) is 5.75 Å². The van der Waals surface area contributed by atoms with Crippen molar-refractivity contribution in [3.63, 3.8) is 0 Å². The minimum absolute atomic E-state index is 0.142. The third-order valence-electron chi connectivity index (χ3n) is 3.91. The average Bonchev–Trinajstić information content (AvgIpc) is 2.58. The molecule has 0 aliphatic heterocycles. The van der Waals surface area contributed by atoms with E-state index in [-0.39, 0.29) is 11.6 Å². The molecule has 4 heteroatoms. The highest BCUT2D eigenvalue weighted by molar-refractivity contribution is 5.72. The Morgan fingerprint density at radius 1 is 0.880 bits per heavy atom. The Hall–Kier alpha value is -2.75. The summed E-state index contributed by atoms with van der Waals surface area (Å²) in [7, 11) is 0. The highest BCUT2D eigenvalue weighted by atomic mass is 19.3. The maximum Gasteiger partial charge on any atom is 0.387 e. The minimum Gasteiger partial charge on any atom is -0.434 e. The fourth-order valence-electron chi connectivity index (χ4n) is 2.76. The first-order chi connectivity index (χ1) is 12.0. The molecule has 0 aliphatic rings. The van der Waals surface area contributed by atoms with E-state index in [4.69, 9.17) is 0 Å². The van der Waals surface area contributed by atoms with Crippen LogP contribution in [0.1, 0.15) is 16.7 Å². The molecule has 0 atom stereocenters. The number of hydrogen-bond donors (Lipinski definition) is 0. The molecule has 0 spiro atoms. The lowest BCUT2D eigenvalue weighted by Crippen LogP contribution is -2.03. The molecular formula is C21H17F3O. The summed E-state index contributed by atoms with van der Waals surface area (Å²) in [6, 6.07) is 19.0. The molecule has 0 radical (unpaired) electrons. The molecule has 0 bridgehead atoms. The lowest BCUT2D eigenvalue weighted by molar-refractivity contribution is -0.0494. The zero-order chi connectivity index (χ0) is 17.8. The highest BCUT2D eigenvalue weighted by Gasteiger charge is 2.13. The number of hydrogen-bond acceptors (Lipinski definition) is 1. The molecule has 0 N–H and O–H groups in total. The molecular weight excluding hydrogens is 325 g/mol. The third-order valence-corrected chi connectivity index (χ3v) is 3.91. The fraction of sp³-hybridized carbons (Fsp3) is 0.143. The van der Waals surface area contributed by atoms with E-state index in [0.717, 1.165) is 22.3 Å². The summed E-state index contributed by atoms with van der Waals surface area (Å²) < 4.78 is 43.2. The van der Waals surface area contributed by atoms with Crippen molar-refractivity contribution in [1.29, 1.82) is 0 Å². The van der Waals surface area contributed by atoms with Crippen LogP contribution in [0, 0.1) is 12.7 Å². The Kier molecular flexibility index (Phi) is 5.08. The predicted octanol–water partition coefficient (Wildman–Crippen LogP) is 5.99. The SMILES string of the molecule is Cc1cccc(-c2cc(Cc3ccc(F)cc3)ccc2OC(F)F)c1. The molecule has 0 saturated carbocycles. The monoisotopic (exact) mass is 342 g/mol. The Bertz CT molecular complexity index is 857. The number of aryl methyl sites for hydroxylation is 1. The summed E-state index contributed by atoms with van der Waals surface area (Å²) in [5.41, 5.74) is 4.34. The summed E-state index contributed by atoms with van der Waals surface area (Å²) >= 11 is 0. The number of benzene rings is 3. The first-order valence-electron chi connectivity index (χ1n) is 7.90. The van der Waals surface area contributed by atoms with Gasteiger partial charge in [0, 0.05) is 5.56 Å². The van der Waals surface area contributed by atoms with Gasteiger partial charge < -0.3 is 4.74 Å². The van der Waals surface area contributed by atoms with Crippen molar-refractivity contribution in [2.45, 2.75) is 20.0 Å². The van der Waals surface area contributed by atoms with Crippen LogP contribution in [0.25, 0.3) is 11.1 Å². The maximum absolute atomic E-state index is 13.0. The van der Waals surface area contributed by atoms with Crippen molar-refractivity contribution in [2.24, 2.45) is 0 Å². The Morgan fingerprint density at radius 2 is 1.60 bits per heavy atom. The predicted molar refractivity (Wildman–Crippen MR) is 92.5 cm³/mol. The van der Waals surface area contributed by atoms with E-state index >= 15 is 0 Å². The van der Waals surface area contributed by atoms with Crippen molar-refractivity contribution >= 4 is 0 Å². The molecule has 0 fully saturated rings. The van der Waals surface area contributed by atoms with Gasteiger partial charge in [0.15, 0.2) is 0 Å². The van der Waals surface area contributed by atoms with E-state index in [2.05, 4.69) is 4.74 Å². The number of alkyl halides is 2. The van der Waals surface area contributed by atoms with Gasteiger partial charge in [0.25, 0.3) is 0 Å². The van der Waals surface area contributed by atoms with Crippen molar-refractivity contribution in [1.82, 2.24) is 0 Å². The van der Waals surface area contributed by atoms with Crippen molar-refractivity contribution in [3.8, 4) is 16.9 Å². The Labute approximate surface area is 144 Å². The second-order valence-electron chi connectivity index (χ2n) is 5.88. The van der Waals surface area contributed by atoms with E-state index in [1.165, 1.54) is 12.1 Å². The van der Waals surface area contributed by atoms with Gasteiger partial charge in [0.05, 0.1) is 0 Å². The van der Waals surface area contributed by atoms with Gasteiger partial charge in [-0.2, -0.15) is 8.78 Å². The molecule has 3 aromatic carbocycles. The Morgan fingerprint density at radius 3 is 2.28 bits per heavy atom. The molecule has 1 nitrogen and oxygen atoms in total. The highest BCUT2D eigenvalue weighted by Crippen LogP contribution is 2.33. The summed E-state index contributed by atoms with van der Waals surface area (Å²) in [4.78, 5) is 0. The molecule has 128 valence electrons. The fourth-order valence-corrected chi connectivity index (χ4v) is 2.76. The molecule has 3 rings (SSSR count). The van der Waals surface area contributed by atoms with E-state index in [1.54, 1.807) is 24.3 Å². The van der Waals surface area contributed by atoms with Crippen LogP contribution in [0.15, 0.2) is 66.7 Å². The Balaban J connectivity index is 1.98. The first-order valence-corrected chi connectivity index (χ1v) is 7.90. The van der Waals surface area contributed by atoms with Gasteiger partial charge in [-0.1, -0.05) is 48.0 Å². The van der Waals surface area contributed by atoms with Gasteiger partial charge in [-0.3, -0.25) is 0 Å². The summed E-state index contributed by atoms with van der Waals surface area (Å²) in [6.45, 7) is -0.939.